The number of hydrogen-bond acceptors (Lipinski definition) is 5. The molecular formula is C32H50O4S. The first-order valence-electron chi connectivity index (χ1n) is 15.0. The van der Waals surface area contributed by atoms with Gasteiger partial charge in [0.25, 0.3) is 5.62 Å². The molecule has 4 nitrogen and oxygen atoms in total. The summed E-state index contributed by atoms with van der Waals surface area (Å²) in [7, 11) is 0. The predicted molar refractivity (Wildman–Crippen MR) is 153 cm³/mol. The van der Waals surface area contributed by atoms with Gasteiger partial charge in [-0.15, -0.1) is 0 Å². The van der Waals surface area contributed by atoms with Crippen LogP contribution in [-0.2, 0) is 14.3 Å². The zero-order valence-corrected chi connectivity index (χ0v) is 24.5. The van der Waals surface area contributed by atoms with Crippen molar-refractivity contribution in [1.82, 2.24) is 0 Å². The molecule has 0 radical (unpaired) electrons. The van der Waals surface area contributed by atoms with Crippen LogP contribution < -0.4 is 0 Å². The zero-order chi connectivity index (χ0) is 26.6. The Bertz CT molecular complexity index is 893. The maximum absolute atomic E-state index is 12.6. The smallest absolute Gasteiger partial charge is 0.341 e. The van der Waals surface area contributed by atoms with Crippen LogP contribution in [0.15, 0.2) is 35.5 Å². The third-order valence-electron chi connectivity index (χ3n) is 10.0. The molecule has 0 aromatic heterocycles. The Balaban J connectivity index is 1.32. The predicted octanol–water partition coefficient (Wildman–Crippen LogP) is 8.11. The highest BCUT2D eigenvalue weighted by Gasteiger charge is 2.51. The van der Waals surface area contributed by atoms with Crippen LogP contribution in [0.25, 0.3) is 0 Å². The molecule has 4 rings (SSSR count). The number of esters is 1. The molecule has 5 heteroatoms. The standard InChI is InChI=1S/C32H50O4S/c1-6-7-21-37-30-35-29(34)32(5,36-30)20-9-11-22(2)26-17-18-27-25(13-10-19-31(26,27)4)16-15-24-12-8-14-28(33)23(24)3/h15-16,22,26-28,30,33H,3,6-14,17-21H2,1-2,4-5H3/b24-15-,25-16+/t22-,26?,27?,28?,30-,31?,32-/m1/s1. The molecule has 0 bridgehead atoms. The maximum Gasteiger partial charge on any atom is 0.341 e. The van der Waals surface area contributed by atoms with E-state index >= 15 is 0 Å². The van der Waals surface area contributed by atoms with Gasteiger partial charge in [0.05, 0.1) is 6.10 Å². The lowest BCUT2D eigenvalue weighted by Crippen LogP contribution is -2.36. The van der Waals surface area contributed by atoms with Gasteiger partial charge in [0, 0.05) is 0 Å². The fourth-order valence-corrected chi connectivity index (χ4v) is 8.74. The molecule has 0 aromatic rings. The number of cyclic esters (lactones) is 1. The van der Waals surface area contributed by atoms with Gasteiger partial charge in [-0.3, -0.25) is 0 Å². The van der Waals surface area contributed by atoms with Gasteiger partial charge in [-0.1, -0.05) is 69.7 Å². The zero-order valence-electron chi connectivity index (χ0n) is 23.7. The summed E-state index contributed by atoms with van der Waals surface area (Å²) in [5, 5.41) is 10.2. The van der Waals surface area contributed by atoms with Crippen molar-refractivity contribution in [3.05, 3.63) is 35.5 Å². The lowest BCUT2D eigenvalue weighted by Gasteiger charge is -2.44. The Morgan fingerprint density at radius 3 is 2.76 bits per heavy atom. The van der Waals surface area contributed by atoms with E-state index in [0.717, 1.165) is 68.6 Å². The van der Waals surface area contributed by atoms with E-state index in [1.165, 1.54) is 37.7 Å². The molecule has 1 heterocycles. The normalized spacial score (nSPS) is 39.3. The van der Waals surface area contributed by atoms with Crippen LogP contribution in [-0.4, -0.2) is 34.2 Å². The number of carbonyl (C=O) groups is 1. The molecule has 3 saturated carbocycles. The molecule has 3 aliphatic carbocycles. The first-order chi connectivity index (χ1) is 17.7. The second kappa shape index (κ2) is 12.4. The third-order valence-corrected chi connectivity index (χ3v) is 11.0. The summed E-state index contributed by atoms with van der Waals surface area (Å²) in [4.78, 5) is 12.6. The fourth-order valence-electron chi connectivity index (χ4n) is 7.66. The Morgan fingerprint density at radius 1 is 1.16 bits per heavy atom. The average Bonchev–Trinajstić information content (AvgIpc) is 3.36. The number of allylic oxidation sites excluding steroid dienone is 3. The van der Waals surface area contributed by atoms with Crippen molar-refractivity contribution in [2.45, 2.75) is 128 Å². The van der Waals surface area contributed by atoms with E-state index in [2.05, 4.69) is 39.5 Å². The molecule has 1 aliphatic heterocycles. The highest BCUT2D eigenvalue weighted by molar-refractivity contribution is 7.99. The van der Waals surface area contributed by atoms with Gasteiger partial charge in [0.2, 0.25) is 0 Å². The largest absolute Gasteiger partial charge is 0.424 e. The van der Waals surface area contributed by atoms with Crippen LogP contribution in [0.2, 0.25) is 0 Å². The van der Waals surface area contributed by atoms with Crippen LogP contribution in [0, 0.1) is 23.2 Å². The summed E-state index contributed by atoms with van der Waals surface area (Å²) in [6, 6.07) is 0. The number of unbranched alkanes of at least 4 members (excludes halogenated alkanes) is 1. The molecule has 4 unspecified atom stereocenters. The van der Waals surface area contributed by atoms with Crippen LogP contribution in [0.5, 0.6) is 0 Å². The molecule has 0 spiro atoms. The number of rotatable bonds is 10. The van der Waals surface area contributed by atoms with Gasteiger partial charge in [0.1, 0.15) is 0 Å². The van der Waals surface area contributed by atoms with E-state index in [9.17, 15) is 9.90 Å². The number of thioether (sulfide) groups is 1. The van der Waals surface area contributed by atoms with Crippen molar-refractivity contribution in [1.29, 1.82) is 0 Å². The first-order valence-corrected chi connectivity index (χ1v) is 16.0. The van der Waals surface area contributed by atoms with Crippen molar-refractivity contribution in [2.24, 2.45) is 23.2 Å². The van der Waals surface area contributed by atoms with E-state index < -0.39 is 11.2 Å². The van der Waals surface area contributed by atoms with Gasteiger partial charge in [0.15, 0.2) is 5.60 Å². The minimum absolute atomic E-state index is 0.189. The number of aliphatic hydroxyl groups is 1. The van der Waals surface area contributed by atoms with E-state index in [-0.39, 0.29) is 12.1 Å². The summed E-state index contributed by atoms with van der Waals surface area (Å²) < 4.78 is 11.6. The number of hydrogen-bond donors (Lipinski definition) is 1. The topological polar surface area (TPSA) is 55.8 Å². The summed E-state index contributed by atoms with van der Waals surface area (Å²) in [6.45, 7) is 13.2. The van der Waals surface area contributed by atoms with Crippen molar-refractivity contribution < 1.29 is 19.4 Å². The molecule has 4 fully saturated rings. The summed E-state index contributed by atoms with van der Waals surface area (Å²) >= 11 is 1.61. The van der Waals surface area contributed by atoms with Crippen molar-refractivity contribution >= 4 is 17.7 Å². The summed E-state index contributed by atoms with van der Waals surface area (Å²) in [5.41, 5.74) is 2.91. The van der Waals surface area contributed by atoms with E-state index in [4.69, 9.17) is 9.47 Å². The fraction of sp³-hybridized carbons (Fsp3) is 0.781. The molecule has 37 heavy (non-hydrogen) atoms. The molecule has 208 valence electrons. The molecule has 1 saturated heterocycles. The second-order valence-electron chi connectivity index (χ2n) is 12.6. The number of fused-ring (bicyclic) bond motifs is 1. The van der Waals surface area contributed by atoms with E-state index in [1.54, 1.807) is 17.3 Å². The number of carbonyl (C=O) groups excluding carboxylic acids is 1. The lowest BCUT2D eigenvalue weighted by atomic mass is 9.60. The molecule has 1 N–H and O–H groups in total. The van der Waals surface area contributed by atoms with Crippen molar-refractivity contribution in [3.63, 3.8) is 0 Å². The Kier molecular flexibility index (Phi) is 9.73. The molecule has 0 amide bonds. The second-order valence-corrected chi connectivity index (χ2v) is 13.7. The Morgan fingerprint density at radius 2 is 1.97 bits per heavy atom. The Labute approximate surface area is 229 Å². The monoisotopic (exact) mass is 530 g/mol. The van der Waals surface area contributed by atoms with E-state index in [1.807, 2.05) is 6.92 Å². The number of aliphatic hydroxyl groups excluding tert-OH is 1. The van der Waals surface area contributed by atoms with Crippen LogP contribution >= 0.6 is 11.8 Å². The van der Waals surface area contributed by atoms with Gasteiger partial charge < -0.3 is 14.6 Å². The lowest BCUT2D eigenvalue weighted by molar-refractivity contribution is -0.143. The van der Waals surface area contributed by atoms with Gasteiger partial charge in [-0.05, 0) is 118 Å². The minimum atomic E-state index is -0.795. The third kappa shape index (κ3) is 6.41. The van der Waals surface area contributed by atoms with Crippen LogP contribution in [0.3, 0.4) is 0 Å². The maximum atomic E-state index is 12.6. The van der Waals surface area contributed by atoms with Crippen LogP contribution in [0.4, 0.5) is 0 Å². The van der Waals surface area contributed by atoms with Crippen molar-refractivity contribution in [3.8, 4) is 0 Å². The highest BCUT2D eigenvalue weighted by Crippen LogP contribution is 2.60. The quantitative estimate of drug-likeness (QED) is 0.228. The average molecular weight is 531 g/mol. The molecule has 7 atom stereocenters. The SMILES string of the molecule is C=C1/C(=C\C=C2/CCCC3(C)C2CCC3[C@H](C)CCC[C@@]2(C)O[C@H](SCCCC)OC2=O)CCCC1O. The molecule has 4 aliphatic rings. The first kappa shape index (κ1) is 29.0. The number of ether oxygens (including phenoxy) is 2. The minimum Gasteiger partial charge on any atom is -0.424 e. The van der Waals surface area contributed by atoms with Crippen LogP contribution in [0.1, 0.15) is 111 Å². The van der Waals surface area contributed by atoms with Gasteiger partial charge in [-0.2, -0.15) is 0 Å². The molecule has 0 aromatic carbocycles. The highest BCUT2D eigenvalue weighted by atomic mass is 32.2. The van der Waals surface area contributed by atoms with Gasteiger partial charge in [-0.25, -0.2) is 4.79 Å². The summed E-state index contributed by atoms with van der Waals surface area (Å²) in [6.07, 6.45) is 18.7. The van der Waals surface area contributed by atoms with Crippen molar-refractivity contribution in [2.75, 3.05) is 5.75 Å². The van der Waals surface area contributed by atoms with E-state index in [0.29, 0.717) is 17.3 Å². The van der Waals surface area contributed by atoms with Gasteiger partial charge >= 0.3 is 5.97 Å². The molecular weight excluding hydrogens is 480 g/mol. The Hall–Kier alpha value is -1.04. The summed E-state index contributed by atoms with van der Waals surface area (Å²) in [5.74, 6) is 2.80.